The average Bonchev–Trinajstić information content (AvgIpc) is 3.40. The number of hydrogen-bond acceptors (Lipinski definition) is 7. The molecular formula is C31H32N4O3S. The maximum absolute atomic E-state index is 14.5. The summed E-state index contributed by atoms with van der Waals surface area (Å²) in [6.07, 6.45) is 0. The van der Waals surface area contributed by atoms with Gasteiger partial charge in [-0.1, -0.05) is 73.7 Å². The Kier molecular flexibility index (Phi) is 8.05. The summed E-state index contributed by atoms with van der Waals surface area (Å²) in [6, 6.07) is 23.4. The summed E-state index contributed by atoms with van der Waals surface area (Å²) in [5.74, 6) is 1.14. The van der Waals surface area contributed by atoms with E-state index < -0.39 is 0 Å². The summed E-state index contributed by atoms with van der Waals surface area (Å²) < 4.78 is 11.9. The molecule has 0 aliphatic carbocycles. The second-order valence-electron chi connectivity index (χ2n) is 9.09. The fraction of sp³-hybridized carbons (Fsp3) is 0.258. The number of carbonyl (C=O) groups is 1. The summed E-state index contributed by atoms with van der Waals surface area (Å²) in [7, 11) is 3.22. The summed E-state index contributed by atoms with van der Waals surface area (Å²) in [5, 5.41) is 1.46. The Morgan fingerprint density at radius 2 is 1.51 bits per heavy atom. The number of aromatic nitrogens is 2. The van der Waals surface area contributed by atoms with E-state index in [4.69, 9.17) is 19.4 Å². The molecule has 0 aliphatic rings. The lowest BCUT2D eigenvalue weighted by molar-refractivity contribution is 0.0985. The number of para-hydroxylation sites is 1. The minimum Gasteiger partial charge on any atom is -0.493 e. The topological polar surface area (TPSA) is 67.8 Å². The molecule has 0 bridgehead atoms. The van der Waals surface area contributed by atoms with Gasteiger partial charge in [-0.2, -0.15) is 0 Å². The zero-order valence-corrected chi connectivity index (χ0v) is 23.5. The SMILES string of the molecule is CCN(CC)CCN(C(=O)c1cc(-c2ccccc2)nc2ccccc12)c1nc2cc(OC)c(OC)cc2s1. The third kappa shape index (κ3) is 5.44. The summed E-state index contributed by atoms with van der Waals surface area (Å²) in [5.41, 5.74) is 3.88. The van der Waals surface area contributed by atoms with Crippen LogP contribution in [-0.2, 0) is 0 Å². The maximum atomic E-state index is 14.5. The molecule has 7 nitrogen and oxygen atoms in total. The lowest BCUT2D eigenvalue weighted by Crippen LogP contribution is -2.39. The van der Waals surface area contributed by atoms with Crippen molar-refractivity contribution in [3.05, 3.63) is 78.4 Å². The molecule has 0 saturated carbocycles. The van der Waals surface area contributed by atoms with Crippen molar-refractivity contribution in [1.82, 2.24) is 14.9 Å². The first kappa shape index (κ1) is 26.6. The monoisotopic (exact) mass is 540 g/mol. The molecule has 0 fully saturated rings. The van der Waals surface area contributed by atoms with Gasteiger partial charge in [0, 0.05) is 36.2 Å². The third-order valence-electron chi connectivity index (χ3n) is 6.91. The maximum Gasteiger partial charge on any atom is 0.260 e. The lowest BCUT2D eigenvalue weighted by atomic mass is 10.0. The van der Waals surface area contributed by atoms with E-state index in [0.29, 0.717) is 28.7 Å². The number of ether oxygens (including phenoxy) is 2. The Labute approximate surface area is 232 Å². The Morgan fingerprint density at radius 3 is 2.23 bits per heavy atom. The normalized spacial score (nSPS) is 11.3. The molecule has 0 radical (unpaired) electrons. The summed E-state index contributed by atoms with van der Waals surface area (Å²) in [4.78, 5) is 28.3. The number of rotatable bonds is 10. The highest BCUT2D eigenvalue weighted by atomic mass is 32.1. The number of benzene rings is 3. The Bertz CT molecular complexity index is 1560. The van der Waals surface area contributed by atoms with E-state index in [9.17, 15) is 4.79 Å². The number of fused-ring (bicyclic) bond motifs is 2. The van der Waals surface area contributed by atoms with Gasteiger partial charge in [-0.05, 0) is 25.2 Å². The number of nitrogens with zero attached hydrogens (tertiary/aromatic N) is 4. The number of hydrogen-bond donors (Lipinski definition) is 0. The summed E-state index contributed by atoms with van der Waals surface area (Å²) >= 11 is 1.47. The van der Waals surface area contributed by atoms with Crippen molar-refractivity contribution in [3.8, 4) is 22.8 Å². The zero-order chi connectivity index (χ0) is 27.4. The van der Waals surface area contributed by atoms with Crippen LogP contribution in [0.4, 0.5) is 5.13 Å². The molecule has 0 spiro atoms. The van der Waals surface area contributed by atoms with Crippen LogP contribution >= 0.6 is 11.3 Å². The van der Waals surface area contributed by atoms with Crippen LogP contribution < -0.4 is 14.4 Å². The number of likely N-dealkylation sites (N-methyl/N-ethyl adjacent to an activating group) is 1. The van der Waals surface area contributed by atoms with Crippen LogP contribution in [0.25, 0.3) is 32.4 Å². The molecule has 5 aromatic rings. The van der Waals surface area contributed by atoms with E-state index in [1.807, 2.05) is 72.8 Å². The van der Waals surface area contributed by atoms with Gasteiger partial charge in [0.1, 0.15) is 0 Å². The van der Waals surface area contributed by atoms with Crippen molar-refractivity contribution < 1.29 is 14.3 Å². The van der Waals surface area contributed by atoms with Crippen molar-refractivity contribution in [2.45, 2.75) is 13.8 Å². The Morgan fingerprint density at radius 1 is 0.821 bits per heavy atom. The molecule has 200 valence electrons. The number of amides is 1. The molecule has 0 aliphatic heterocycles. The van der Waals surface area contributed by atoms with Crippen molar-refractivity contribution in [2.24, 2.45) is 0 Å². The standard InChI is InChI=1S/C31H32N4O3S/c1-5-34(6-2)16-17-35(31-33-26-19-27(37-3)28(38-4)20-29(26)39-31)30(36)23-18-25(21-12-8-7-9-13-21)32-24-15-11-10-14-22(23)24/h7-15,18-20H,5-6,16-17H2,1-4H3. The highest BCUT2D eigenvalue weighted by molar-refractivity contribution is 7.22. The fourth-order valence-corrected chi connectivity index (χ4v) is 5.68. The summed E-state index contributed by atoms with van der Waals surface area (Å²) in [6.45, 7) is 7.32. The van der Waals surface area contributed by atoms with Gasteiger partial charge in [0.25, 0.3) is 5.91 Å². The quantitative estimate of drug-likeness (QED) is 0.201. The molecule has 0 atom stereocenters. The number of carbonyl (C=O) groups excluding carboxylic acids is 1. The molecule has 0 N–H and O–H groups in total. The minimum atomic E-state index is -0.101. The molecule has 2 heterocycles. The predicted molar refractivity (Wildman–Crippen MR) is 159 cm³/mol. The average molecular weight is 541 g/mol. The van der Waals surface area contributed by atoms with E-state index in [2.05, 4.69) is 18.7 Å². The Hall–Kier alpha value is -4.01. The molecule has 2 aromatic heterocycles. The molecule has 0 saturated heterocycles. The van der Waals surface area contributed by atoms with Crippen LogP contribution in [0, 0.1) is 0 Å². The Balaban J connectivity index is 1.63. The number of anilines is 1. The van der Waals surface area contributed by atoms with E-state index in [0.717, 1.165) is 52.0 Å². The van der Waals surface area contributed by atoms with Crippen LogP contribution in [0.15, 0.2) is 72.8 Å². The van der Waals surface area contributed by atoms with E-state index in [1.54, 1.807) is 19.1 Å². The number of methoxy groups -OCH3 is 2. The smallest absolute Gasteiger partial charge is 0.260 e. The predicted octanol–water partition coefficient (Wildman–Crippen LogP) is 6.52. The second kappa shape index (κ2) is 11.8. The van der Waals surface area contributed by atoms with Crippen LogP contribution in [0.3, 0.4) is 0 Å². The van der Waals surface area contributed by atoms with Gasteiger partial charge in [0.2, 0.25) is 0 Å². The first-order valence-corrected chi connectivity index (χ1v) is 13.9. The third-order valence-corrected chi connectivity index (χ3v) is 7.95. The van der Waals surface area contributed by atoms with Crippen LogP contribution in [0.5, 0.6) is 11.5 Å². The van der Waals surface area contributed by atoms with Gasteiger partial charge < -0.3 is 14.4 Å². The molecule has 3 aromatic carbocycles. The lowest BCUT2D eigenvalue weighted by Gasteiger charge is -2.25. The zero-order valence-electron chi connectivity index (χ0n) is 22.7. The molecular weight excluding hydrogens is 508 g/mol. The van der Waals surface area contributed by atoms with Gasteiger partial charge in [-0.25, -0.2) is 9.97 Å². The molecule has 8 heteroatoms. The van der Waals surface area contributed by atoms with Gasteiger partial charge in [-0.15, -0.1) is 0 Å². The minimum absolute atomic E-state index is 0.101. The highest BCUT2D eigenvalue weighted by Crippen LogP contribution is 2.38. The van der Waals surface area contributed by atoms with Gasteiger partial charge in [0.05, 0.1) is 41.2 Å². The van der Waals surface area contributed by atoms with Crippen LogP contribution in [0.2, 0.25) is 0 Å². The molecule has 1 amide bonds. The van der Waals surface area contributed by atoms with Crippen molar-refractivity contribution >= 4 is 43.5 Å². The van der Waals surface area contributed by atoms with Gasteiger partial charge in [0.15, 0.2) is 16.6 Å². The first-order valence-electron chi connectivity index (χ1n) is 13.1. The van der Waals surface area contributed by atoms with Crippen LogP contribution in [0.1, 0.15) is 24.2 Å². The second-order valence-corrected chi connectivity index (χ2v) is 10.1. The largest absolute Gasteiger partial charge is 0.493 e. The van der Waals surface area contributed by atoms with Crippen molar-refractivity contribution in [2.75, 3.05) is 45.3 Å². The van der Waals surface area contributed by atoms with Gasteiger partial charge in [-0.3, -0.25) is 9.69 Å². The highest BCUT2D eigenvalue weighted by Gasteiger charge is 2.25. The number of thiazole rings is 1. The molecule has 39 heavy (non-hydrogen) atoms. The van der Waals surface area contributed by atoms with Crippen molar-refractivity contribution in [1.29, 1.82) is 0 Å². The fourth-order valence-electron chi connectivity index (χ4n) is 4.68. The van der Waals surface area contributed by atoms with E-state index >= 15 is 0 Å². The van der Waals surface area contributed by atoms with Crippen molar-refractivity contribution in [3.63, 3.8) is 0 Å². The van der Waals surface area contributed by atoms with E-state index in [1.165, 1.54) is 11.3 Å². The van der Waals surface area contributed by atoms with Gasteiger partial charge >= 0.3 is 0 Å². The van der Waals surface area contributed by atoms with E-state index in [-0.39, 0.29) is 5.91 Å². The first-order chi connectivity index (χ1) is 19.1. The molecule has 0 unspecified atom stereocenters. The molecule has 5 rings (SSSR count). The van der Waals surface area contributed by atoms with Crippen LogP contribution in [-0.4, -0.2) is 61.2 Å². The number of pyridine rings is 1.